The van der Waals surface area contributed by atoms with E-state index < -0.39 is 0 Å². The molecule has 0 N–H and O–H groups in total. The summed E-state index contributed by atoms with van der Waals surface area (Å²) in [6, 6.07) is 5.98. The number of thioether (sulfide) groups is 1. The van der Waals surface area contributed by atoms with Gasteiger partial charge >= 0.3 is 0 Å². The molecule has 2 aliphatic rings. The molecule has 0 unspecified atom stereocenters. The van der Waals surface area contributed by atoms with Gasteiger partial charge in [-0.05, 0) is 18.2 Å². The number of rotatable bonds is 1. The Bertz CT molecular complexity index is 542. The van der Waals surface area contributed by atoms with Gasteiger partial charge in [-0.1, -0.05) is 11.6 Å². The van der Waals surface area contributed by atoms with Crippen LogP contribution in [0, 0.1) is 0 Å². The summed E-state index contributed by atoms with van der Waals surface area (Å²) in [4.78, 5) is 3.41. The predicted octanol–water partition coefficient (Wildman–Crippen LogP) is 3.65. The van der Waals surface area contributed by atoms with Gasteiger partial charge in [0.15, 0.2) is 0 Å². The summed E-state index contributed by atoms with van der Waals surface area (Å²) >= 11 is 13.8. The molecule has 18 heavy (non-hydrogen) atoms. The van der Waals surface area contributed by atoms with Gasteiger partial charge < -0.3 is 4.90 Å². The Labute approximate surface area is 120 Å². The smallest absolute Gasteiger partial charge is 0.133 e. The van der Waals surface area contributed by atoms with Crippen molar-refractivity contribution in [3.63, 3.8) is 0 Å². The fourth-order valence-corrected chi connectivity index (χ4v) is 3.33. The normalized spacial score (nSPS) is 18.4. The van der Waals surface area contributed by atoms with E-state index in [4.69, 9.17) is 23.2 Å². The van der Waals surface area contributed by atoms with Gasteiger partial charge in [-0.15, -0.1) is 28.5 Å². The van der Waals surface area contributed by atoms with E-state index in [2.05, 4.69) is 21.2 Å². The second-order valence-electron chi connectivity index (χ2n) is 4.11. The topological polar surface area (TPSA) is 28.0 Å². The Morgan fingerprint density at radius 2 is 2.22 bits per heavy atom. The monoisotopic (exact) mass is 299 g/mol. The van der Waals surface area contributed by atoms with Crippen molar-refractivity contribution < 1.29 is 0 Å². The number of benzene rings is 1. The maximum Gasteiger partial charge on any atom is 0.133 e. The molecule has 0 saturated heterocycles. The van der Waals surface area contributed by atoms with Gasteiger partial charge in [-0.2, -0.15) is 5.10 Å². The first kappa shape index (κ1) is 12.3. The van der Waals surface area contributed by atoms with Crippen LogP contribution < -0.4 is 4.90 Å². The summed E-state index contributed by atoms with van der Waals surface area (Å²) in [5, 5.41) is 9.18. The first-order valence-electron chi connectivity index (χ1n) is 5.66. The van der Waals surface area contributed by atoms with E-state index >= 15 is 0 Å². The zero-order valence-electron chi connectivity index (χ0n) is 9.57. The lowest BCUT2D eigenvalue weighted by atomic mass is 10.2. The lowest BCUT2D eigenvalue weighted by Crippen LogP contribution is -2.38. The van der Waals surface area contributed by atoms with Crippen molar-refractivity contribution in [1.29, 1.82) is 0 Å². The van der Waals surface area contributed by atoms with Crippen molar-refractivity contribution in [1.82, 2.24) is 0 Å². The van der Waals surface area contributed by atoms with Crippen molar-refractivity contribution in [3.8, 4) is 0 Å². The standard InChI is InChI=1S/C12H11Cl2N3S/c13-6-9-7-17-10-5-8(14)1-2-11(10)18-4-3-12(17)16-15-9/h1-2,5H,3-4,6-7H2. The van der Waals surface area contributed by atoms with E-state index in [9.17, 15) is 0 Å². The highest BCUT2D eigenvalue weighted by Crippen LogP contribution is 2.37. The molecule has 0 atom stereocenters. The van der Waals surface area contributed by atoms with Gasteiger partial charge in [-0.3, -0.25) is 0 Å². The molecule has 0 fully saturated rings. The SMILES string of the molecule is ClCC1=NN=C2CCSc3ccc(Cl)cc3N2C1. The minimum Gasteiger partial charge on any atom is -0.321 e. The zero-order valence-corrected chi connectivity index (χ0v) is 11.9. The summed E-state index contributed by atoms with van der Waals surface area (Å²) in [5.74, 6) is 2.42. The Morgan fingerprint density at radius 3 is 3.06 bits per heavy atom. The van der Waals surface area contributed by atoms with Crippen LogP contribution in [-0.2, 0) is 0 Å². The number of alkyl halides is 1. The number of fused-ring (bicyclic) bond motifs is 3. The van der Waals surface area contributed by atoms with E-state index in [-0.39, 0.29) is 0 Å². The van der Waals surface area contributed by atoms with Crippen LogP contribution in [0.2, 0.25) is 5.02 Å². The van der Waals surface area contributed by atoms with E-state index in [1.165, 1.54) is 4.90 Å². The Balaban J connectivity index is 2.06. The maximum absolute atomic E-state index is 6.10. The fraction of sp³-hybridized carbons (Fsp3) is 0.333. The van der Waals surface area contributed by atoms with Crippen LogP contribution in [0.15, 0.2) is 33.3 Å². The molecule has 1 aromatic rings. The molecular formula is C12H11Cl2N3S. The number of hydrogen-bond acceptors (Lipinski definition) is 4. The number of amidine groups is 1. The highest BCUT2D eigenvalue weighted by atomic mass is 35.5. The number of hydrogen-bond donors (Lipinski definition) is 0. The van der Waals surface area contributed by atoms with Crippen LogP contribution in [0.5, 0.6) is 0 Å². The molecule has 0 aliphatic carbocycles. The van der Waals surface area contributed by atoms with Gasteiger partial charge in [0.1, 0.15) is 5.84 Å². The molecule has 0 radical (unpaired) electrons. The summed E-state index contributed by atoms with van der Waals surface area (Å²) < 4.78 is 0. The van der Waals surface area contributed by atoms with Gasteiger partial charge in [0.25, 0.3) is 0 Å². The fourth-order valence-electron chi connectivity index (χ4n) is 2.04. The number of nitrogens with zero attached hydrogens (tertiary/aromatic N) is 3. The first-order chi connectivity index (χ1) is 8.78. The largest absolute Gasteiger partial charge is 0.321 e. The Kier molecular flexibility index (Phi) is 3.50. The Morgan fingerprint density at radius 1 is 1.33 bits per heavy atom. The third kappa shape index (κ3) is 2.25. The predicted molar refractivity (Wildman–Crippen MR) is 79.7 cm³/mol. The van der Waals surface area contributed by atoms with Crippen molar-refractivity contribution in [2.24, 2.45) is 10.2 Å². The number of anilines is 1. The minimum absolute atomic E-state index is 0.413. The molecule has 0 saturated carbocycles. The Hall–Kier alpha value is -0.710. The van der Waals surface area contributed by atoms with E-state index in [1.54, 1.807) is 0 Å². The molecule has 94 valence electrons. The lowest BCUT2D eigenvalue weighted by molar-refractivity contribution is 1.01. The molecule has 3 nitrogen and oxygen atoms in total. The summed E-state index contributed by atoms with van der Waals surface area (Å²) in [7, 11) is 0. The first-order valence-corrected chi connectivity index (χ1v) is 7.56. The van der Waals surface area contributed by atoms with Crippen LogP contribution in [0.1, 0.15) is 6.42 Å². The highest BCUT2D eigenvalue weighted by molar-refractivity contribution is 7.99. The van der Waals surface area contributed by atoms with Gasteiger partial charge in [-0.25, -0.2) is 0 Å². The molecule has 3 rings (SSSR count). The molecular weight excluding hydrogens is 289 g/mol. The van der Waals surface area contributed by atoms with Gasteiger partial charge in [0.2, 0.25) is 0 Å². The zero-order chi connectivity index (χ0) is 12.5. The van der Waals surface area contributed by atoms with E-state index in [1.807, 2.05) is 23.9 Å². The summed E-state index contributed by atoms with van der Waals surface area (Å²) in [6.45, 7) is 0.705. The molecule has 0 amide bonds. The molecule has 1 aromatic carbocycles. The maximum atomic E-state index is 6.10. The molecule has 2 aliphatic heterocycles. The molecule has 0 spiro atoms. The molecule has 6 heteroatoms. The quantitative estimate of drug-likeness (QED) is 0.741. The van der Waals surface area contributed by atoms with Gasteiger partial charge in [0, 0.05) is 22.1 Å². The third-order valence-corrected chi connectivity index (χ3v) is 4.52. The van der Waals surface area contributed by atoms with Crippen LogP contribution in [0.25, 0.3) is 0 Å². The second-order valence-corrected chi connectivity index (χ2v) is 5.95. The average molecular weight is 300 g/mol. The highest BCUT2D eigenvalue weighted by Gasteiger charge is 2.25. The molecule has 2 heterocycles. The van der Waals surface area contributed by atoms with Crippen molar-refractivity contribution in [2.45, 2.75) is 11.3 Å². The molecule has 0 aromatic heterocycles. The van der Waals surface area contributed by atoms with Crippen LogP contribution >= 0.6 is 35.0 Å². The van der Waals surface area contributed by atoms with Gasteiger partial charge in [0.05, 0.1) is 23.8 Å². The van der Waals surface area contributed by atoms with Crippen LogP contribution in [0.3, 0.4) is 0 Å². The number of halogens is 2. The summed E-state index contributed by atoms with van der Waals surface area (Å²) in [5.41, 5.74) is 2.00. The van der Waals surface area contributed by atoms with Crippen LogP contribution in [-0.4, -0.2) is 29.7 Å². The third-order valence-electron chi connectivity index (χ3n) is 2.91. The van der Waals surface area contributed by atoms with Crippen molar-refractivity contribution >= 4 is 52.2 Å². The van der Waals surface area contributed by atoms with Crippen LogP contribution in [0.4, 0.5) is 5.69 Å². The average Bonchev–Trinajstić information content (AvgIpc) is 2.57. The lowest BCUT2D eigenvalue weighted by Gasteiger charge is -2.27. The van der Waals surface area contributed by atoms with Crippen molar-refractivity contribution in [2.75, 3.05) is 23.1 Å². The van der Waals surface area contributed by atoms with E-state index in [0.717, 1.165) is 34.4 Å². The minimum atomic E-state index is 0.413. The molecule has 0 bridgehead atoms. The summed E-state index contributed by atoms with van der Waals surface area (Å²) in [6.07, 6.45) is 0.913. The second kappa shape index (κ2) is 5.11. The van der Waals surface area contributed by atoms with Crippen molar-refractivity contribution in [3.05, 3.63) is 23.2 Å². The van der Waals surface area contributed by atoms with E-state index in [0.29, 0.717) is 12.4 Å².